The van der Waals surface area contributed by atoms with Gasteiger partial charge in [-0.25, -0.2) is 4.72 Å². The summed E-state index contributed by atoms with van der Waals surface area (Å²) >= 11 is 0. The maximum absolute atomic E-state index is 10.9. The average molecular weight is 186 g/mol. The molecule has 0 aliphatic carbocycles. The van der Waals surface area contributed by atoms with Crippen LogP contribution in [0.3, 0.4) is 0 Å². The van der Waals surface area contributed by atoms with Gasteiger partial charge in [-0.3, -0.25) is 4.72 Å². The van der Waals surface area contributed by atoms with Crippen molar-refractivity contribution in [2.45, 2.75) is 0 Å². The lowest BCUT2D eigenvalue weighted by Gasteiger charge is -2.04. The van der Waals surface area contributed by atoms with Crippen LogP contribution in [-0.4, -0.2) is 15.5 Å². The first-order chi connectivity index (χ1) is 5.64. The van der Waals surface area contributed by atoms with E-state index in [1.807, 2.05) is 6.07 Å². The van der Waals surface area contributed by atoms with Crippen molar-refractivity contribution in [3.63, 3.8) is 0 Å². The third kappa shape index (κ3) is 2.52. The number of para-hydroxylation sites is 1. The van der Waals surface area contributed by atoms with Crippen molar-refractivity contribution in [2.75, 3.05) is 11.8 Å². The van der Waals surface area contributed by atoms with Gasteiger partial charge < -0.3 is 0 Å². The summed E-state index contributed by atoms with van der Waals surface area (Å²) < 4.78 is 26.4. The second kappa shape index (κ2) is 3.55. The molecule has 1 aromatic rings. The summed E-state index contributed by atoms with van der Waals surface area (Å²) in [6.07, 6.45) is 0. The van der Waals surface area contributed by atoms with Gasteiger partial charge in [0.05, 0.1) is 0 Å². The predicted octanol–water partition coefficient (Wildman–Crippen LogP) is 0.563. The molecular weight excluding hydrogens is 176 g/mol. The molecule has 0 amide bonds. The molecule has 2 N–H and O–H groups in total. The van der Waals surface area contributed by atoms with Crippen LogP contribution < -0.4 is 9.44 Å². The number of hydrogen-bond acceptors (Lipinski definition) is 2. The molecule has 4 nitrogen and oxygen atoms in total. The molecule has 1 rings (SSSR count). The minimum absolute atomic E-state index is 0.548. The number of benzene rings is 1. The molecule has 0 aromatic heterocycles. The third-order valence-electron chi connectivity index (χ3n) is 1.29. The minimum atomic E-state index is -3.37. The van der Waals surface area contributed by atoms with E-state index < -0.39 is 10.2 Å². The van der Waals surface area contributed by atoms with Crippen molar-refractivity contribution in [1.82, 2.24) is 4.72 Å². The first-order valence-corrected chi connectivity index (χ1v) is 4.89. The molecular formula is C7H10N2O2S. The number of nitrogens with one attached hydrogen (secondary N) is 2. The Bertz CT molecular complexity index is 334. The highest BCUT2D eigenvalue weighted by Crippen LogP contribution is 2.05. The van der Waals surface area contributed by atoms with Crippen LogP contribution in [0, 0.1) is 0 Å². The molecule has 1 aromatic carbocycles. The SMILES string of the molecule is CNS(=O)(=O)Nc1ccccc1. The van der Waals surface area contributed by atoms with Crippen molar-refractivity contribution >= 4 is 15.9 Å². The molecule has 0 saturated carbocycles. The highest BCUT2D eigenvalue weighted by molar-refractivity contribution is 7.90. The topological polar surface area (TPSA) is 58.2 Å². The van der Waals surface area contributed by atoms with E-state index in [9.17, 15) is 8.42 Å². The van der Waals surface area contributed by atoms with Crippen molar-refractivity contribution < 1.29 is 8.42 Å². The lowest BCUT2D eigenvalue weighted by atomic mass is 10.3. The van der Waals surface area contributed by atoms with Crippen LogP contribution in [0.25, 0.3) is 0 Å². The Balaban J connectivity index is 2.78. The van der Waals surface area contributed by atoms with Crippen LogP contribution in [0.2, 0.25) is 0 Å². The van der Waals surface area contributed by atoms with Gasteiger partial charge in [-0.05, 0) is 12.1 Å². The van der Waals surface area contributed by atoms with E-state index in [0.717, 1.165) is 0 Å². The Morgan fingerprint density at radius 3 is 2.25 bits per heavy atom. The molecule has 0 aliphatic heterocycles. The highest BCUT2D eigenvalue weighted by atomic mass is 32.2. The van der Waals surface area contributed by atoms with Crippen molar-refractivity contribution in [1.29, 1.82) is 0 Å². The molecule has 0 unspecified atom stereocenters. The summed E-state index contributed by atoms with van der Waals surface area (Å²) in [5.74, 6) is 0. The number of anilines is 1. The molecule has 0 radical (unpaired) electrons. The summed E-state index contributed by atoms with van der Waals surface area (Å²) in [6.45, 7) is 0. The van der Waals surface area contributed by atoms with Gasteiger partial charge in [-0.15, -0.1) is 0 Å². The molecule has 5 heteroatoms. The van der Waals surface area contributed by atoms with E-state index in [0.29, 0.717) is 5.69 Å². The highest BCUT2D eigenvalue weighted by Gasteiger charge is 2.03. The monoisotopic (exact) mass is 186 g/mol. The molecule has 0 fully saturated rings. The van der Waals surface area contributed by atoms with Gasteiger partial charge in [0.1, 0.15) is 0 Å². The fraction of sp³-hybridized carbons (Fsp3) is 0.143. The van der Waals surface area contributed by atoms with Gasteiger partial charge in [0, 0.05) is 12.7 Å². The molecule has 0 atom stereocenters. The van der Waals surface area contributed by atoms with Crippen LogP contribution >= 0.6 is 0 Å². The minimum Gasteiger partial charge on any atom is -0.271 e. The molecule has 0 saturated heterocycles. The van der Waals surface area contributed by atoms with E-state index in [1.165, 1.54) is 7.05 Å². The lowest BCUT2D eigenvalue weighted by molar-refractivity contribution is 0.593. The third-order valence-corrected chi connectivity index (χ3v) is 2.34. The Kier molecular flexibility index (Phi) is 2.67. The largest absolute Gasteiger partial charge is 0.298 e. The van der Waals surface area contributed by atoms with Crippen molar-refractivity contribution in [2.24, 2.45) is 0 Å². The van der Waals surface area contributed by atoms with Gasteiger partial charge in [0.2, 0.25) is 0 Å². The number of rotatable bonds is 3. The molecule has 0 aliphatic rings. The quantitative estimate of drug-likeness (QED) is 0.724. The average Bonchev–Trinajstić information content (AvgIpc) is 2.06. The second-order valence-electron chi connectivity index (χ2n) is 2.18. The fourth-order valence-corrected chi connectivity index (χ4v) is 1.26. The Morgan fingerprint density at radius 1 is 1.17 bits per heavy atom. The summed E-state index contributed by atoms with van der Waals surface area (Å²) in [6, 6.07) is 8.68. The van der Waals surface area contributed by atoms with E-state index in [4.69, 9.17) is 0 Å². The van der Waals surface area contributed by atoms with Crippen LogP contribution in [0.15, 0.2) is 30.3 Å². The zero-order valence-corrected chi connectivity index (χ0v) is 7.43. The van der Waals surface area contributed by atoms with Gasteiger partial charge in [0.15, 0.2) is 0 Å². The standard InChI is InChI=1S/C7H10N2O2S/c1-8-12(10,11)9-7-5-3-2-4-6-7/h2-6,8-9H,1H3. The normalized spacial score (nSPS) is 11.1. The second-order valence-corrected chi connectivity index (χ2v) is 3.79. The van der Waals surface area contributed by atoms with E-state index >= 15 is 0 Å². The predicted molar refractivity (Wildman–Crippen MR) is 48.0 cm³/mol. The van der Waals surface area contributed by atoms with Crippen LogP contribution in [0.4, 0.5) is 5.69 Å². The lowest BCUT2D eigenvalue weighted by Crippen LogP contribution is -2.26. The van der Waals surface area contributed by atoms with Gasteiger partial charge >= 0.3 is 0 Å². The molecule has 12 heavy (non-hydrogen) atoms. The van der Waals surface area contributed by atoms with Crippen LogP contribution in [-0.2, 0) is 10.2 Å². The molecule has 0 heterocycles. The number of hydrogen-bond donors (Lipinski definition) is 2. The summed E-state index contributed by atoms with van der Waals surface area (Å²) in [7, 11) is -2.02. The molecule has 0 bridgehead atoms. The van der Waals surface area contributed by atoms with Crippen molar-refractivity contribution in [3.8, 4) is 0 Å². The Morgan fingerprint density at radius 2 is 1.75 bits per heavy atom. The Hall–Kier alpha value is -1.07. The van der Waals surface area contributed by atoms with Crippen LogP contribution in [0.5, 0.6) is 0 Å². The zero-order chi connectivity index (χ0) is 9.03. The van der Waals surface area contributed by atoms with E-state index in [2.05, 4.69) is 9.44 Å². The van der Waals surface area contributed by atoms with Gasteiger partial charge in [0.25, 0.3) is 10.2 Å². The summed E-state index contributed by atoms with van der Waals surface area (Å²) in [5, 5.41) is 0. The van der Waals surface area contributed by atoms with E-state index in [1.54, 1.807) is 24.3 Å². The molecule has 66 valence electrons. The first-order valence-electron chi connectivity index (χ1n) is 3.40. The fourth-order valence-electron chi connectivity index (χ4n) is 0.712. The Labute approximate surface area is 71.8 Å². The maximum Gasteiger partial charge on any atom is 0.298 e. The summed E-state index contributed by atoms with van der Waals surface area (Å²) in [4.78, 5) is 0. The first kappa shape index (κ1) is 9.02. The zero-order valence-electron chi connectivity index (χ0n) is 6.61. The van der Waals surface area contributed by atoms with E-state index in [-0.39, 0.29) is 0 Å². The maximum atomic E-state index is 10.9. The van der Waals surface area contributed by atoms with Crippen molar-refractivity contribution in [3.05, 3.63) is 30.3 Å². The van der Waals surface area contributed by atoms with Gasteiger partial charge in [-0.1, -0.05) is 18.2 Å². The van der Waals surface area contributed by atoms with Gasteiger partial charge in [-0.2, -0.15) is 8.42 Å². The molecule has 0 spiro atoms. The smallest absolute Gasteiger partial charge is 0.271 e. The van der Waals surface area contributed by atoms with Crippen LogP contribution in [0.1, 0.15) is 0 Å². The summed E-state index contributed by atoms with van der Waals surface area (Å²) in [5.41, 5.74) is 0.548.